The number of para-hydroxylation sites is 1. The maximum Gasteiger partial charge on any atom is 0.222 e. The summed E-state index contributed by atoms with van der Waals surface area (Å²) in [5, 5.41) is 0.690. The van der Waals surface area contributed by atoms with E-state index in [-0.39, 0.29) is 5.91 Å². The summed E-state index contributed by atoms with van der Waals surface area (Å²) in [4.78, 5) is 13.9. The van der Waals surface area contributed by atoms with Gasteiger partial charge in [-0.05, 0) is 36.6 Å². The lowest BCUT2D eigenvalue weighted by atomic mass is 10.2. The maximum atomic E-state index is 12.2. The summed E-state index contributed by atoms with van der Waals surface area (Å²) in [6.07, 6.45) is 1.16. The Hall–Kier alpha value is -2.00. The van der Waals surface area contributed by atoms with E-state index < -0.39 is 0 Å². The number of benzene rings is 2. The predicted octanol–water partition coefficient (Wildman–Crippen LogP) is 4.47. The minimum absolute atomic E-state index is 0.0957. The summed E-state index contributed by atoms with van der Waals surface area (Å²) < 4.78 is 5.71. The molecule has 0 aliphatic rings. The molecule has 2 aromatic carbocycles. The van der Waals surface area contributed by atoms with Crippen molar-refractivity contribution in [2.45, 2.75) is 26.3 Å². The molecule has 0 bridgehead atoms. The molecule has 0 saturated carbocycles. The van der Waals surface area contributed by atoms with Crippen molar-refractivity contribution in [2.24, 2.45) is 0 Å². The van der Waals surface area contributed by atoms with Gasteiger partial charge in [-0.15, -0.1) is 0 Å². The second-order valence-corrected chi connectivity index (χ2v) is 5.97. The summed E-state index contributed by atoms with van der Waals surface area (Å²) in [6, 6.07) is 15.5. The van der Waals surface area contributed by atoms with Crippen molar-refractivity contribution in [3.05, 3.63) is 64.7 Å². The standard InChI is InChI=1S/C19H22ClNO2/c1-15-8-3-6-11-18(15)23-13-7-12-19(22)21(2)14-16-9-4-5-10-17(16)20/h3-6,8-11H,7,12-14H2,1-2H3. The molecule has 122 valence electrons. The highest BCUT2D eigenvalue weighted by Crippen LogP contribution is 2.18. The largest absolute Gasteiger partial charge is 0.493 e. The molecule has 0 saturated heterocycles. The molecule has 2 rings (SSSR count). The average molecular weight is 332 g/mol. The first-order valence-corrected chi connectivity index (χ1v) is 8.11. The molecule has 23 heavy (non-hydrogen) atoms. The van der Waals surface area contributed by atoms with Gasteiger partial charge in [-0.2, -0.15) is 0 Å². The van der Waals surface area contributed by atoms with Gasteiger partial charge in [0.2, 0.25) is 5.91 Å². The third-order valence-electron chi connectivity index (χ3n) is 3.68. The van der Waals surface area contributed by atoms with Crippen molar-refractivity contribution in [1.82, 2.24) is 4.90 Å². The Kier molecular flexibility index (Phi) is 6.48. The van der Waals surface area contributed by atoms with Gasteiger partial charge in [0, 0.05) is 25.0 Å². The Balaban J connectivity index is 1.74. The zero-order chi connectivity index (χ0) is 16.7. The highest BCUT2D eigenvalue weighted by atomic mass is 35.5. The fourth-order valence-corrected chi connectivity index (χ4v) is 2.48. The summed E-state index contributed by atoms with van der Waals surface area (Å²) >= 11 is 6.12. The van der Waals surface area contributed by atoms with Gasteiger partial charge in [0.05, 0.1) is 6.61 Å². The minimum Gasteiger partial charge on any atom is -0.493 e. The molecule has 0 spiro atoms. The molecule has 0 aromatic heterocycles. The number of hydrogen-bond acceptors (Lipinski definition) is 2. The summed E-state index contributed by atoms with van der Waals surface area (Å²) in [5.74, 6) is 0.975. The number of carbonyl (C=O) groups excluding carboxylic acids is 1. The quantitative estimate of drug-likeness (QED) is 0.701. The third-order valence-corrected chi connectivity index (χ3v) is 4.05. The van der Waals surface area contributed by atoms with E-state index in [1.54, 1.807) is 11.9 Å². The van der Waals surface area contributed by atoms with Gasteiger partial charge < -0.3 is 9.64 Å². The van der Waals surface area contributed by atoms with E-state index in [0.29, 0.717) is 31.0 Å². The molecular formula is C19H22ClNO2. The van der Waals surface area contributed by atoms with E-state index >= 15 is 0 Å². The van der Waals surface area contributed by atoms with E-state index in [9.17, 15) is 4.79 Å². The average Bonchev–Trinajstić information content (AvgIpc) is 2.55. The molecule has 0 aliphatic heterocycles. The zero-order valence-corrected chi connectivity index (χ0v) is 14.3. The molecular weight excluding hydrogens is 310 g/mol. The van der Waals surface area contributed by atoms with Gasteiger partial charge in [0.1, 0.15) is 5.75 Å². The first-order valence-electron chi connectivity index (χ1n) is 7.73. The van der Waals surface area contributed by atoms with Crippen molar-refractivity contribution >= 4 is 17.5 Å². The van der Waals surface area contributed by atoms with Crippen LogP contribution >= 0.6 is 11.6 Å². The Bertz CT molecular complexity index is 657. The fraction of sp³-hybridized carbons (Fsp3) is 0.316. The highest BCUT2D eigenvalue weighted by Gasteiger charge is 2.10. The van der Waals surface area contributed by atoms with Crippen molar-refractivity contribution < 1.29 is 9.53 Å². The molecule has 0 aliphatic carbocycles. The van der Waals surface area contributed by atoms with E-state index in [1.807, 2.05) is 55.5 Å². The van der Waals surface area contributed by atoms with E-state index in [1.165, 1.54) is 0 Å². The van der Waals surface area contributed by atoms with Crippen LogP contribution in [0.25, 0.3) is 0 Å². The van der Waals surface area contributed by atoms with Crippen LogP contribution in [0.2, 0.25) is 5.02 Å². The maximum absolute atomic E-state index is 12.2. The molecule has 4 heteroatoms. The topological polar surface area (TPSA) is 29.5 Å². The first-order chi connectivity index (χ1) is 11.1. The highest BCUT2D eigenvalue weighted by molar-refractivity contribution is 6.31. The summed E-state index contributed by atoms with van der Waals surface area (Å²) in [6.45, 7) is 3.07. The Labute approximate surface area is 142 Å². The van der Waals surface area contributed by atoms with Crippen LogP contribution in [-0.2, 0) is 11.3 Å². The van der Waals surface area contributed by atoms with Crippen LogP contribution in [0.3, 0.4) is 0 Å². The van der Waals surface area contributed by atoms with Crippen LogP contribution in [-0.4, -0.2) is 24.5 Å². The molecule has 0 atom stereocenters. The van der Waals surface area contributed by atoms with Gasteiger partial charge in [0.25, 0.3) is 0 Å². The second-order valence-electron chi connectivity index (χ2n) is 5.56. The first kappa shape index (κ1) is 17.4. The van der Waals surface area contributed by atoms with E-state index in [0.717, 1.165) is 16.9 Å². The summed E-state index contributed by atoms with van der Waals surface area (Å²) in [7, 11) is 1.80. The lowest BCUT2D eigenvalue weighted by Gasteiger charge is -2.18. The smallest absolute Gasteiger partial charge is 0.222 e. The number of ether oxygens (including phenoxy) is 1. The SMILES string of the molecule is Cc1ccccc1OCCCC(=O)N(C)Cc1ccccc1Cl. The third kappa shape index (κ3) is 5.29. The molecule has 0 unspecified atom stereocenters. The van der Waals surface area contributed by atoms with E-state index in [2.05, 4.69) is 0 Å². The van der Waals surface area contributed by atoms with Crippen molar-refractivity contribution in [3.63, 3.8) is 0 Å². The van der Waals surface area contributed by atoms with Gasteiger partial charge in [-0.1, -0.05) is 48.0 Å². The van der Waals surface area contributed by atoms with Crippen LogP contribution in [0, 0.1) is 6.92 Å². The number of halogens is 1. The predicted molar refractivity (Wildman–Crippen MR) is 93.8 cm³/mol. The second kappa shape index (κ2) is 8.59. The van der Waals surface area contributed by atoms with Crippen molar-refractivity contribution in [3.8, 4) is 5.75 Å². The van der Waals surface area contributed by atoms with Crippen molar-refractivity contribution in [2.75, 3.05) is 13.7 Å². The van der Waals surface area contributed by atoms with Crippen LogP contribution in [0.15, 0.2) is 48.5 Å². The molecule has 3 nitrogen and oxygen atoms in total. The molecule has 0 fully saturated rings. The molecule has 0 N–H and O–H groups in total. The molecule has 1 amide bonds. The lowest BCUT2D eigenvalue weighted by molar-refractivity contribution is -0.130. The zero-order valence-electron chi connectivity index (χ0n) is 13.6. The lowest BCUT2D eigenvalue weighted by Crippen LogP contribution is -2.26. The van der Waals surface area contributed by atoms with Crippen LogP contribution in [0.1, 0.15) is 24.0 Å². The number of nitrogens with zero attached hydrogens (tertiary/aromatic N) is 1. The number of aryl methyl sites for hydroxylation is 1. The summed E-state index contributed by atoms with van der Waals surface area (Å²) in [5.41, 5.74) is 2.07. The van der Waals surface area contributed by atoms with Gasteiger partial charge in [-0.3, -0.25) is 4.79 Å². The normalized spacial score (nSPS) is 10.4. The Morgan fingerprint density at radius 1 is 1.13 bits per heavy atom. The molecule has 0 heterocycles. The van der Waals surface area contributed by atoms with Gasteiger partial charge in [0.15, 0.2) is 0 Å². The Morgan fingerprint density at radius 3 is 2.57 bits per heavy atom. The fourth-order valence-electron chi connectivity index (χ4n) is 2.29. The van der Waals surface area contributed by atoms with Gasteiger partial charge >= 0.3 is 0 Å². The van der Waals surface area contributed by atoms with E-state index in [4.69, 9.17) is 16.3 Å². The van der Waals surface area contributed by atoms with Crippen LogP contribution in [0.5, 0.6) is 5.75 Å². The number of rotatable bonds is 7. The Morgan fingerprint density at radius 2 is 1.83 bits per heavy atom. The molecule has 0 radical (unpaired) electrons. The van der Waals surface area contributed by atoms with Gasteiger partial charge in [-0.25, -0.2) is 0 Å². The van der Waals surface area contributed by atoms with Crippen molar-refractivity contribution in [1.29, 1.82) is 0 Å². The van der Waals surface area contributed by atoms with Crippen LogP contribution in [0.4, 0.5) is 0 Å². The van der Waals surface area contributed by atoms with Crippen LogP contribution < -0.4 is 4.74 Å². The number of amides is 1. The number of carbonyl (C=O) groups is 1. The minimum atomic E-state index is 0.0957. The molecule has 2 aromatic rings. The monoisotopic (exact) mass is 331 g/mol. The number of hydrogen-bond donors (Lipinski definition) is 0.